The van der Waals surface area contributed by atoms with Crippen LogP contribution < -0.4 is 0 Å². The van der Waals surface area contributed by atoms with Crippen LogP contribution >= 0.6 is 11.8 Å². The third kappa shape index (κ3) is 1.08. The van der Waals surface area contributed by atoms with Crippen LogP contribution in [0.15, 0.2) is 24.5 Å². The van der Waals surface area contributed by atoms with Gasteiger partial charge in [-0.15, -0.1) is 11.8 Å². The van der Waals surface area contributed by atoms with Gasteiger partial charge in [0, 0.05) is 12.4 Å². The lowest BCUT2D eigenvalue weighted by atomic mass is 10.3. The highest BCUT2D eigenvalue weighted by molar-refractivity contribution is 8.01. The molecule has 0 saturated carbocycles. The molecule has 4 heteroatoms. The van der Waals surface area contributed by atoms with Crippen LogP contribution in [0.4, 0.5) is 0 Å². The fraction of sp³-hybridized carbons (Fsp3) is 0.250. The van der Waals surface area contributed by atoms with E-state index in [4.69, 9.17) is 0 Å². The van der Waals surface area contributed by atoms with Crippen molar-refractivity contribution in [1.29, 1.82) is 0 Å². The first-order valence-electron chi connectivity index (χ1n) is 3.60. The van der Waals surface area contributed by atoms with Crippen LogP contribution in [0.5, 0.6) is 0 Å². The molecule has 2 rings (SSSR count). The summed E-state index contributed by atoms with van der Waals surface area (Å²) in [7, 11) is 0. The molecular formula is C8H7NO2S. The maximum Gasteiger partial charge on any atom is 0.232 e. The molecule has 1 aromatic rings. The van der Waals surface area contributed by atoms with Crippen molar-refractivity contribution < 1.29 is 9.59 Å². The number of Topliss-reactive ketones (excluding diaryl/α,β-unsaturated/α-hetero) is 2. The lowest BCUT2D eigenvalue weighted by Gasteiger charge is -2.06. The Labute approximate surface area is 73.8 Å². The zero-order chi connectivity index (χ0) is 8.55. The number of hydrogen-bond acceptors (Lipinski definition) is 3. The van der Waals surface area contributed by atoms with Crippen molar-refractivity contribution >= 4 is 23.3 Å². The lowest BCUT2D eigenvalue weighted by Crippen LogP contribution is -2.16. The molecular weight excluding hydrogens is 174 g/mol. The van der Waals surface area contributed by atoms with Crippen LogP contribution in [-0.4, -0.2) is 21.9 Å². The molecule has 1 aromatic heterocycles. The Hall–Kier alpha value is -1.03. The zero-order valence-electron chi connectivity index (χ0n) is 6.27. The fourth-order valence-electron chi connectivity index (χ4n) is 1.16. The summed E-state index contributed by atoms with van der Waals surface area (Å²) in [6, 6.07) is 3.69. The maximum atomic E-state index is 11.2. The number of hydrogen-bond donors (Lipinski definition) is 0. The summed E-state index contributed by atoms with van der Waals surface area (Å²) in [5.74, 6) is -0.225. The number of carbonyl (C=O) groups is 2. The summed E-state index contributed by atoms with van der Waals surface area (Å²) in [6.45, 7) is 0. The summed E-state index contributed by atoms with van der Waals surface area (Å²) in [4.78, 5) is 22.1. The molecule has 1 atom stereocenters. The summed E-state index contributed by atoms with van der Waals surface area (Å²) in [6.07, 6.45) is 3.60. The largest absolute Gasteiger partial charge is 0.335 e. The van der Waals surface area contributed by atoms with Crippen molar-refractivity contribution in [2.24, 2.45) is 0 Å². The maximum absolute atomic E-state index is 11.2. The monoisotopic (exact) mass is 181 g/mol. The van der Waals surface area contributed by atoms with Crippen molar-refractivity contribution in [2.75, 3.05) is 5.75 Å². The van der Waals surface area contributed by atoms with Crippen molar-refractivity contribution in [1.82, 2.24) is 4.57 Å². The van der Waals surface area contributed by atoms with Gasteiger partial charge in [0.15, 0.2) is 0 Å². The average Bonchev–Trinajstić information content (AvgIpc) is 2.64. The smallest absolute Gasteiger partial charge is 0.232 e. The average molecular weight is 181 g/mol. The lowest BCUT2D eigenvalue weighted by molar-refractivity contribution is -0.134. The van der Waals surface area contributed by atoms with Crippen molar-refractivity contribution in [3.8, 4) is 0 Å². The predicted octanol–water partition coefficient (Wildman–Crippen LogP) is 0.872. The third-order valence-corrected chi connectivity index (χ3v) is 2.97. The van der Waals surface area contributed by atoms with E-state index in [2.05, 4.69) is 0 Å². The molecule has 0 bridgehead atoms. The first-order valence-corrected chi connectivity index (χ1v) is 4.65. The molecule has 0 amide bonds. The Kier molecular flexibility index (Phi) is 1.77. The molecule has 1 aliphatic heterocycles. The van der Waals surface area contributed by atoms with Crippen molar-refractivity contribution in [2.45, 2.75) is 5.37 Å². The van der Waals surface area contributed by atoms with Crippen LogP contribution in [-0.2, 0) is 9.59 Å². The molecule has 0 aliphatic carbocycles. The quantitative estimate of drug-likeness (QED) is 0.603. The molecule has 1 fully saturated rings. The molecule has 2 heterocycles. The SMILES string of the molecule is O=C1CSC(n2cccc2)C1=O. The minimum Gasteiger partial charge on any atom is -0.335 e. The topological polar surface area (TPSA) is 39.1 Å². The van der Waals surface area contributed by atoms with E-state index in [9.17, 15) is 9.59 Å². The second kappa shape index (κ2) is 2.79. The number of nitrogens with zero attached hydrogens (tertiary/aromatic N) is 1. The Morgan fingerprint density at radius 2 is 2.00 bits per heavy atom. The van der Waals surface area contributed by atoms with Gasteiger partial charge < -0.3 is 4.57 Å². The van der Waals surface area contributed by atoms with Crippen LogP contribution in [0, 0.1) is 0 Å². The van der Waals surface area contributed by atoms with Gasteiger partial charge in [-0.05, 0) is 12.1 Å². The van der Waals surface area contributed by atoms with E-state index in [1.165, 1.54) is 11.8 Å². The Morgan fingerprint density at radius 3 is 2.50 bits per heavy atom. The van der Waals surface area contributed by atoms with E-state index >= 15 is 0 Å². The van der Waals surface area contributed by atoms with Crippen LogP contribution in [0.2, 0.25) is 0 Å². The summed E-state index contributed by atoms with van der Waals surface area (Å²) < 4.78 is 1.76. The van der Waals surface area contributed by atoms with E-state index in [0.717, 1.165) is 0 Å². The molecule has 0 radical (unpaired) electrons. The fourth-order valence-corrected chi connectivity index (χ4v) is 2.21. The van der Waals surface area contributed by atoms with E-state index in [1.54, 1.807) is 17.0 Å². The van der Waals surface area contributed by atoms with Gasteiger partial charge in [-0.1, -0.05) is 0 Å². The molecule has 1 aliphatic rings. The second-order valence-corrected chi connectivity index (χ2v) is 3.65. The van der Waals surface area contributed by atoms with E-state index in [1.807, 2.05) is 12.1 Å². The van der Waals surface area contributed by atoms with Gasteiger partial charge in [-0.2, -0.15) is 0 Å². The van der Waals surface area contributed by atoms with Gasteiger partial charge in [0.25, 0.3) is 0 Å². The molecule has 0 N–H and O–H groups in total. The number of rotatable bonds is 1. The molecule has 1 unspecified atom stereocenters. The summed E-state index contributed by atoms with van der Waals surface area (Å²) in [5, 5.41) is -0.313. The van der Waals surface area contributed by atoms with Crippen LogP contribution in [0.25, 0.3) is 0 Å². The van der Waals surface area contributed by atoms with Crippen molar-refractivity contribution in [3.63, 3.8) is 0 Å². The first-order chi connectivity index (χ1) is 5.79. The van der Waals surface area contributed by atoms with Crippen molar-refractivity contribution in [3.05, 3.63) is 24.5 Å². The van der Waals surface area contributed by atoms with Gasteiger partial charge >= 0.3 is 0 Å². The number of ketones is 2. The van der Waals surface area contributed by atoms with E-state index in [-0.39, 0.29) is 16.9 Å². The highest BCUT2D eigenvalue weighted by Gasteiger charge is 2.33. The standard InChI is InChI=1S/C8H7NO2S/c10-6-5-12-8(7(6)11)9-3-1-2-4-9/h1-4,8H,5H2. The second-order valence-electron chi connectivity index (χ2n) is 2.58. The van der Waals surface area contributed by atoms with Gasteiger partial charge in [0.2, 0.25) is 11.6 Å². The molecule has 3 nitrogen and oxygen atoms in total. The number of aromatic nitrogens is 1. The Bertz CT molecular complexity index is 318. The van der Waals surface area contributed by atoms with Gasteiger partial charge in [0.1, 0.15) is 5.37 Å². The number of carbonyl (C=O) groups excluding carboxylic acids is 2. The zero-order valence-corrected chi connectivity index (χ0v) is 7.08. The Morgan fingerprint density at radius 1 is 1.33 bits per heavy atom. The van der Waals surface area contributed by atoms with E-state index < -0.39 is 0 Å². The number of thioether (sulfide) groups is 1. The summed E-state index contributed by atoms with van der Waals surface area (Å²) in [5.41, 5.74) is 0. The Balaban J connectivity index is 2.27. The van der Waals surface area contributed by atoms with E-state index in [0.29, 0.717) is 5.75 Å². The molecule has 0 aromatic carbocycles. The third-order valence-electron chi connectivity index (χ3n) is 1.77. The van der Waals surface area contributed by atoms with Gasteiger partial charge in [-0.25, -0.2) is 0 Å². The highest BCUT2D eigenvalue weighted by atomic mass is 32.2. The molecule has 12 heavy (non-hydrogen) atoms. The molecule has 0 spiro atoms. The summed E-state index contributed by atoms with van der Waals surface area (Å²) >= 11 is 1.38. The first kappa shape index (κ1) is 7.61. The molecule has 1 saturated heterocycles. The minimum atomic E-state index is -0.313. The normalized spacial score (nSPS) is 23.5. The highest BCUT2D eigenvalue weighted by Crippen LogP contribution is 2.30. The van der Waals surface area contributed by atoms with Crippen LogP contribution in [0.3, 0.4) is 0 Å². The predicted molar refractivity (Wildman–Crippen MR) is 45.9 cm³/mol. The van der Waals surface area contributed by atoms with Crippen LogP contribution in [0.1, 0.15) is 5.37 Å². The molecule has 62 valence electrons. The van der Waals surface area contributed by atoms with Gasteiger partial charge in [-0.3, -0.25) is 9.59 Å². The minimum absolute atomic E-state index is 0.265. The van der Waals surface area contributed by atoms with Gasteiger partial charge in [0.05, 0.1) is 5.75 Å².